The number of carbonyl (C=O) groups is 2. The van der Waals surface area contributed by atoms with E-state index in [0.717, 1.165) is 12.1 Å². The molecule has 0 saturated carbocycles. The molecule has 2 rings (SSSR count). The van der Waals surface area contributed by atoms with Gasteiger partial charge in [-0.2, -0.15) is 11.3 Å². The van der Waals surface area contributed by atoms with Gasteiger partial charge >= 0.3 is 0 Å². The Kier molecular flexibility index (Phi) is 4.93. The lowest BCUT2D eigenvalue weighted by atomic mass is 10.2. The highest BCUT2D eigenvalue weighted by atomic mass is 32.1. The number of likely N-dealkylation sites (N-methyl/N-ethyl adjacent to an activating group) is 1. The Balaban J connectivity index is 1.82. The summed E-state index contributed by atoms with van der Waals surface area (Å²) in [4.78, 5) is 27.6. The summed E-state index contributed by atoms with van der Waals surface area (Å²) in [7, 11) is 0. The van der Waals surface area contributed by atoms with Crippen LogP contribution in [0.3, 0.4) is 0 Å². The number of nitrogens with zero attached hydrogens (tertiary/aromatic N) is 2. The Morgan fingerprint density at radius 3 is 2.53 bits per heavy atom. The molecule has 1 aromatic heterocycles. The number of carbonyl (C=O) groups excluding carboxylic acids is 2. The van der Waals surface area contributed by atoms with Crippen LogP contribution in [0.2, 0.25) is 0 Å². The van der Waals surface area contributed by atoms with Crippen LogP contribution in [0.1, 0.15) is 17.3 Å². The third-order valence-corrected chi connectivity index (χ3v) is 3.90. The molecule has 0 aliphatic carbocycles. The number of rotatable bonds is 4. The van der Waals surface area contributed by atoms with Crippen molar-refractivity contribution in [3.8, 4) is 0 Å². The lowest BCUT2D eigenvalue weighted by molar-refractivity contribution is -0.131. The Morgan fingerprint density at radius 2 is 1.95 bits per heavy atom. The van der Waals surface area contributed by atoms with E-state index in [-0.39, 0.29) is 11.8 Å². The van der Waals surface area contributed by atoms with E-state index in [2.05, 4.69) is 5.32 Å². The molecule has 6 heteroatoms. The first-order valence-electron chi connectivity index (χ1n) is 6.52. The molecule has 2 amide bonds. The molecule has 0 atom stereocenters. The van der Waals surface area contributed by atoms with Crippen molar-refractivity contribution >= 4 is 23.2 Å². The van der Waals surface area contributed by atoms with E-state index in [9.17, 15) is 9.59 Å². The number of nitrogens with one attached hydrogen (secondary N) is 1. The molecule has 2 heterocycles. The zero-order valence-corrected chi connectivity index (χ0v) is 11.9. The van der Waals surface area contributed by atoms with Gasteiger partial charge in [-0.1, -0.05) is 6.92 Å². The first-order chi connectivity index (χ1) is 9.22. The lowest BCUT2D eigenvalue weighted by Crippen LogP contribution is -2.52. The molecule has 0 aromatic carbocycles. The number of amides is 2. The summed E-state index contributed by atoms with van der Waals surface area (Å²) in [6, 6.07) is 1.84. The smallest absolute Gasteiger partial charge is 0.254 e. The van der Waals surface area contributed by atoms with Crippen molar-refractivity contribution < 1.29 is 9.59 Å². The third kappa shape index (κ3) is 3.54. The number of hydrogen-bond acceptors (Lipinski definition) is 4. The van der Waals surface area contributed by atoms with E-state index in [4.69, 9.17) is 0 Å². The van der Waals surface area contributed by atoms with Crippen LogP contribution in [0, 0.1) is 0 Å². The van der Waals surface area contributed by atoms with Gasteiger partial charge in [-0.15, -0.1) is 0 Å². The van der Waals surface area contributed by atoms with Crippen molar-refractivity contribution in [2.24, 2.45) is 0 Å². The number of piperazine rings is 1. The molecule has 1 fully saturated rings. The van der Waals surface area contributed by atoms with Gasteiger partial charge in [0.2, 0.25) is 5.91 Å². The molecule has 19 heavy (non-hydrogen) atoms. The molecule has 0 unspecified atom stereocenters. The Hall–Kier alpha value is -1.40. The number of thiophene rings is 1. The van der Waals surface area contributed by atoms with Crippen LogP contribution < -0.4 is 5.32 Å². The van der Waals surface area contributed by atoms with Gasteiger partial charge in [0.05, 0.1) is 12.1 Å². The van der Waals surface area contributed by atoms with Gasteiger partial charge in [-0.05, 0) is 18.0 Å². The standard InChI is InChI=1S/C13H19N3O2S/c1-2-14-9-12(17)15-4-6-16(7-5-15)13(18)11-3-8-19-10-11/h3,8,10,14H,2,4-7,9H2,1H3. The quantitative estimate of drug-likeness (QED) is 0.881. The average molecular weight is 281 g/mol. The van der Waals surface area contributed by atoms with Gasteiger partial charge < -0.3 is 15.1 Å². The predicted octanol–water partition coefficient (Wildman–Crippen LogP) is 0.642. The van der Waals surface area contributed by atoms with Crippen molar-refractivity contribution in [2.45, 2.75) is 6.92 Å². The summed E-state index contributed by atoms with van der Waals surface area (Å²) >= 11 is 1.53. The van der Waals surface area contributed by atoms with Crippen LogP contribution in [0.15, 0.2) is 16.8 Å². The maximum Gasteiger partial charge on any atom is 0.254 e. The normalized spacial score (nSPS) is 15.6. The van der Waals surface area contributed by atoms with Gasteiger partial charge in [0.15, 0.2) is 0 Å². The molecule has 1 saturated heterocycles. The summed E-state index contributed by atoms with van der Waals surface area (Å²) in [6.45, 7) is 5.64. The molecule has 0 spiro atoms. The topological polar surface area (TPSA) is 52.7 Å². The minimum atomic E-state index is 0.0695. The van der Waals surface area contributed by atoms with Crippen LogP contribution in [0.4, 0.5) is 0 Å². The van der Waals surface area contributed by atoms with Gasteiger partial charge in [0.1, 0.15) is 0 Å². The van der Waals surface area contributed by atoms with E-state index in [0.29, 0.717) is 32.7 Å². The molecule has 1 N–H and O–H groups in total. The molecule has 0 radical (unpaired) electrons. The van der Waals surface area contributed by atoms with E-state index in [1.165, 1.54) is 11.3 Å². The highest BCUT2D eigenvalue weighted by Gasteiger charge is 2.24. The van der Waals surface area contributed by atoms with Crippen molar-refractivity contribution in [1.29, 1.82) is 0 Å². The SMILES string of the molecule is CCNCC(=O)N1CCN(C(=O)c2ccsc2)CC1. The van der Waals surface area contributed by atoms with E-state index >= 15 is 0 Å². The van der Waals surface area contributed by atoms with Gasteiger partial charge in [-0.25, -0.2) is 0 Å². The average Bonchev–Trinajstić information content (AvgIpc) is 2.98. The van der Waals surface area contributed by atoms with Crippen LogP contribution >= 0.6 is 11.3 Å². The molecule has 5 nitrogen and oxygen atoms in total. The van der Waals surface area contributed by atoms with Gasteiger partial charge in [-0.3, -0.25) is 9.59 Å². The predicted molar refractivity (Wildman–Crippen MR) is 75.3 cm³/mol. The lowest BCUT2D eigenvalue weighted by Gasteiger charge is -2.34. The Labute approximate surface area is 117 Å². The molecule has 1 aromatic rings. The monoisotopic (exact) mass is 281 g/mol. The summed E-state index contributed by atoms with van der Waals surface area (Å²) in [6.07, 6.45) is 0. The van der Waals surface area contributed by atoms with E-state index < -0.39 is 0 Å². The fraction of sp³-hybridized carbons (Fsp3) is 0.538. The molecular formula is C13H19N3O2S. The number of hydrogen-bond donors (Lipinski definition) is 1. The fourth-order valence-corrected chi connectivity index (χ4v) is 2.70. The second kappa shape index (κ2) is 6.68. The highest BCUT2D eigenvalue weighted by molar-refractivity contribution is 7.08. The minimum Gasteiger partial charge on any atom is -0.338 e. The van der Waals surface area contributed by atoms with Crippen molar-refractivity contribution in [2.75, 3.05) is 39.3 Å². The first kappa shape index (κ1) is 14.0. The fourth-order valence-electron chi connectivity index (χ4n) is 2.07. The summed E-state index contributed by atoms with van der Waals surface area (Å²) in [5, 5.41) is 6.80. The minimum absolute atomic E-state index is 0.0695. The molecule has 0 bridgehead atoms. The Morgan fingerprint density at radius 1 is 1.26 bits per heavy atom. The van der Waals surface area contributed by atoms with Crippen molar-refractivity contribution in [3.63, 3.8) is 0 Å². The van der Waals surface area contributed by atoms with Crippen LogP contribution in [0.5, 0.6) is 0 Å². The van der Waals surface area contributed by atoms with Crippen molar-refractivity contribution in [1.82, 2.24) is 15.1 Å². The zero-order chi connectivity index (χ0) is 13.7. The van der Waals surface area contributed by atoms with Gasteiger partial charge in [0.25, 0.3) is 5.91 Å². The second-order valence-corrected chi connectivity index (χ2v) is 5.25. The summed E-state index contributed by atoms with van der Waals surface area (Å²) in [5.74, 6) is 0.185. The van der Waals surface area contributed by atoms with Crippen LogP contribution in [-0.4, -0.2) is 60.9 Å². The summed E-state index contributed by atoms with van der Waals surface area (Å²) < 4.78 is 0. The van der Waals surface area contributed by atoms with E-state index in [1.807, 2.05) is 33.6 Å². The van der Waals surface area contributed by atoms with E-state index in [1.54, 1.807) is 0 Å². The second-order valence-electron chi connectivity index (χ2n) is 4.47. The third-order valence-electron chi connectivity index (χ3n) is 3.21. The maximum absolute atomic E-state index is 12.1. The first-order valence-corrected chi connectivity index (χ1v) is 7.46. The van der Waals surface area contributed by atoms with Gasteiger partial charge in [0, 0.05) is 31.6 Å². The van der Waals surface area contributed by atoms with Crippen molar-refractivity contribution in [3.05, 3.63) is 22.4 Å². The molecular weight excluding hydrogens is 262 g/mol. The zero-order valence-electron chi connectivity index (χ0n) is 11.1. The molecule has 1 aliphatic heterocycles. The van der Waals surface area contributed by atoms with Crippen LogP contribution in [-0.2, 0) is 4.79 Å². The molecule has 1 aliphatic rings. The summed E-state index contributed by atoms with van der Waals surface area (Å²) in [5.41, 5.74) is 0.748. The maximum atomic E-state index is 12.1. The highest BCUT2D eigenvalue weighted by Crippen LogP contribution is 2.11. The molecule has 104 valence electrons. The Bertz CT molecular complexity index is 425. The largest absolute Gasteiger partial charge is 0.338 e. The van der Waals surface area contributed by atoms with Crippen LogP contribution in [0.25, 0.3) is 0 Å².